The van der Waals surface area contributed by atoms with Crippen LogP contribution in [0.2, 0.25) is 0 Å². The summed E-state index contributed by atoms with van der Waals surface area (Å²) in [5, 5.41) is 1.20. The lowest BCUT2D eigenvalue weighted by Gasteiger charge is -2.49. The van der Waals surface area contributed by atoms with Crippen LogP contribution in [0, 0.1) is 0 Å². The predicted octanol–water partition coefficient (Wildman–Crippen LogP) is -2.46. The number of esters is 6. The summed E-state index contributed by atoms with van der Waals surface area (Å²) in [5.41, 5.74) is -5.79. The average Bonchev–Trinajstić information content (AvgIpc) is 0.729. The van der Waals surface area contributed by atoms with Crippen molar-refractivity contribution in [1.29, 1.82) is 0 Å². The molecule has 0 saturated carbocycles. The number of amides is 6. The highest BCUT2D eigenvalue weighted by Crippen LogP contribution is 2.41. The van der Waals surface area contributed by atoms with Crippen molar-refractivity contribution in [3.8, 4) is 17.2 Å². The van der Waals surface area contributed by atoms with Gasteiger partial charge in [-0.3, -0.25) is 57.9 Å². The van der Waals surface area contributed by atoms with Gasteiger partial charge in [-0.05, 0) is 62.3 Å². The first kappa shape index (κ1) is 68.8. The summed E-state index contributed by atoms with van der Waals surface area (Å²) in [6, 6.07) is -2.26. The molecule has 0 bridgehead atoms. The largest absolute Gasteiger partial charge is 0.484 e. The summed E-state index contributed by atoms with van der Waals surface area (Å²) >= 11 is 0. The minimum atomic E-state index is -4.42. The molecule has 6 aliphatic heterocycles. The van der Waals surface area contributed by atoms with Crippen molar-refractivity contribution >= 4 is 101 Å². The molecular formula is C54H66N6O27S3. The van der Waals surface area contributed by atoms with Crippen LogP contribution in [0.4, 0.5) is 0 Å². The number of β-lactam (4-membered cyclic amide) rings is 3. The van der Waals surface area contributed by atoms with Gasteiger partial charge in [-0.25, -0.2) is 39.6 Å². The topological polar surface area (TPSA) is 436 Å². The first-order valence-corrected chi connectivity index (χ1v) is 32.4. The SMILES string of the molecule is CC(=O)OCC1=C(C(=O)OC(C)(C)C)N2C(=O)[C@@H](NC(=O)COc3cc(OCC(=O)N[C@@H]4C(=O)N5C(C(=O)OC(C)(C)C)=C(COC(C)=O)CS(=O)(=O)[C@H]45)cc(OCC(=O)N[C@@H]4C(=O)N5C(C(=O)OC(C)(C)C)=C(COC(C)=O)CS(=O)(=O)[C@H]45)c3)[C@H]2S(=O)(=O)C1. The Kier molecular flexibility index (Phi) is 19.4. The second kappa shape index (κ2) is 25.3. The maximum atomic E-state index is 13.7. The predicted molar refractivity (Wildman–Crippen MR) is 300 cm³/mol. The fourth-order valence-corrected chi connectivity index (χ4v) is 15.8. The Balaban J connectivity index is 1.10. The van der Waals surface area contributed by atoms with Gasteiger partial charge >= 0.3 is 35.8 Å². The number of benzene rings is 1. The first-order valence-electron chi connectivity index (χ1n) is 27.2. The number of carbonyl (C=O) groups is 12. The molecule has 6 aliphatic rings. The molecule has 0 spiro atoms. The zero-order valence-corrected chi connectivity index (χ0v) is 53.1. The summed E-state index contributed by atoms with van der Waals surface area (Å²) in [6.45, 7) is 11.5. The van der Waals surface area contributed by atoms with E-state index in [1.807, 2.05) is 0 Å². The third-order valence-electron chi connectivity index (χ3n) is 13.1. The number of carbonyl (C=O) groups excluding carboxylic acids is 12. The molecule has 33 nitrogen and oxygen atoms in total. The van der Waals surface area contributed by atoms with E-state index in [0.717, 1.165) is 39.0 Å². The fraction of sp³-hybridized carbons (Fsp3) is 0.556. The number of rotatable bonds is 21. The lowest BCUT2D eigenvalue weighted by Crippen LogP contribution is -2.75. The maximum Gasteiger partial charge on any atom is 0.355 e. The van der Waals surface area contributed by atoms with Crippen LogP contribution < -0.4 is 30.2 Å². The molecular weight excluding hydrogens is 1260 g/mol. The highest BCUT2D eigenvalue weighted by molar-refractivity contribution is 7.93. The van der Waals surface area contributed by atoms with Gasteiger partial charge in [0.15, 0.2) is 65.5 Å². The van der Waals surface area contributed by atoms with Crippen LogP contribution in [0.5, 0.6) is 17.2 Å². The first-order chi connectivity index (χ1) is 41.4. The van der Waals surface area contributed by atoms with Gasteiger partial charge in [0, 0.05) is 55.7 Å². The van der Waals surface area contributed by atoms with Crippen LogP contribution in [0.25, 0.3) is 0 Å². The molecule has 90 heavy (non-hydrogen) atoms. The summed E-state index contributed by atoms with van der Waals surface area (Å²) in [4.78, 5) is 159. The third-order valence-corrected chi connectivity index (χ3v) is 19.0. The molecule has 492 valence electrons. The van der Waals surface area contributed by atoms with Crippen molar-refractivity contribution in [2.75, 3.05) is 56.9 Å². The van der Waals surface area contributed by atoms with Gasteiger partial charge in [-0.15, -0.1) is 0 Å². The molecule has 6 heterocycles. The molecule has 0 aromatic heterocycles. The van der Waals surface area contributed by atoms with Crippen LogP contribution in [0.3, 0.4) is 0 Å². The van der Waals surface area contributed by atoms with E-state index in [-0.39, 0.29) is 34.0 Å². The van der Waals surface area contributed by atoms with E-state index in [1.165, 1.54) is 62.3 Å². The van der Waals surface area contributed by atoms with E-state index in [2.05, 4.69) is 16.0 Å². The lowest BCUT2D eigenvalue weighted by molar-refractivity contribution is -0.159. The number of nitrogens with one attached hydrogen (secondary N) is 3. The smallest absolute Gasteiger partial charge is 0.355 e. The Hall–Kier alpha value is -8.67. The number of sulfone groups is 3. The fourth-order valence-electron chi connectivity index (χ4n) is 9.80. The van der Waals surface area contributed by atoms with Crippen molar-refractivity contribution in [1.82, 2.24) is 30.7 Å². The van der Waals surface area contributed by atoms with Crippen molar-refractivity contribution in [2.45, 2.75) is 134 Å². The van der Waals surface area contributed by atoms with E-state index in [0.29, 0.717) is 14.7 Å². The molecule has 0 unspecified atom stereocenters. The van der Waals surface area contributed by atoms with Crippen LogP contribution in [-0.4, -0.2) is 219 Å². The van der Waals surface area contributed by atoms with Crippen LogP contribution in [-0.2, 0) is 115 Å². The number of fused-ring (bicyclic) bond motifs is 3. The molecule has 3 saturated heterocycles. The number of hydrogen-bond acceptors (Lipinski definition) is 27. The van der Waals surface area contributed by atoms with Gasteiger partial charge in [-0.1, -0.05) is 0 Å². The molecule has 1 aromatic rings. The van der Waals surface area contributed by atoms with Crippen molar-refractivity contribution in [3.63, 3.8) is 0 Å². The Morgan fingerprint density at radius 2 is 0.644 bits per heavy atom. The minimum Gasteiger partial charge on any atom is -0.484 e. The monoisotopic (exact) mass is 1330 g/mol. The molecule has 0 aliphatic carbocycles. The molecule has 0 radical (unpaired) electrons. The van der Waals surface area contributed by atoms with Gasteiger partial charge < -0.3 is 58.6 Å². The molecule has 1 aromatic carbocycles. The zero-order valence-electron chi connectivity index (χ0n) is 50.6. The quantitative estimate of drug-likeness (QED) is 0.0653. The highest BCUT2D eigenvalue weighted by atomic mass is 32.2. The average molecular weight is 1330 g/mol. The molecule has 6 amide bonds. The number of hydrogen-bond donors (Lipinski definition) is 3. The highest BCUT2D eigenvalue weighted by Gasteiger charge is 2.64. The molecule has 7 rings (SSSR count). The summed E-state index contributed by atoms with van der Waals surface area (Å²) < 4.78 is 130. The van der Waals surface area contributed by atoms with E-state index in [4.69, 9.17) is 42.6 Å². The van der Waals surface area contributed by atoms with Crippen molar-refractivity contribution in [3.05, 3.63) is 52.0 Å². The van der Waals surface area contributed by atoms with E-state index in [1.54, 1.807) is 0 Å². The Bertz CT molecular complexity index is 3340. The minimum absolute atomic E-state index is 0.272. The normalized spacial score (nSPS) is 22.9. The van der Waals surface area contributed by atoms with Crippen LogP contribution in [0.1, 0.15) is 83.1 Å². The summed E-state index contributed by atoms with van der Waals surface area (Å²) in [6.07, 6.45) is 0. The van der Waals surface area contributed by atoms with Crippen molar-refractivity contribution < 1.29 is 125 Å². The van der Waals surface area contributed by atoms with Crippen LogP contribution >= 0.6 is 0 Å². The van der Waals surface area contributed by atoms with E-state index >= 15 is 0 Å². The van der Waals surface area contributed by atoms with Crippen LogP contribution in [0.15, 0.2) is 52.0 Å². The Labute approximate surface area is 515 Å². The van der Waals surface area contributed by atoms with Crippen molar-refractivity contribution in [2.24, 2.45) is 0 Å². The van der Waals surface area contributed by atoms with Gasteiger partial charge in [-0.2, -0.15) is 0 Å². The number of ether oxygens (including phenoxy) is 9. The van der Waals surface area contributed by atoms with Gasteiger partial charge in [0.1, 0.15) is 89.1 Å². The van der Waals surface area contributed by atoms with Gasteiger partial charge in [0.25, 0.3) is 35.4 Å². The lowest BCUT2D eigenvalue weighted by atomic mass is 10.0. The maximum absolute atomic E-state index is 13.7. The standard InChI is InChI=1S/C54H66N6O27S3/c1-25(61)79-16-28-22-88(73,74)46-37(43(67)58(46)40(28)49(70)85-52(4,5)6)55-34(64)19-82-31-13-32(83-20-35(65)56-38-44(68)59-41(50(71)86-53(7,8)9)29(17-80-26(2)62)23-89(75,76)47(38)59)15-33(14-31)84-21-36(66)57-39-45(69)60-42(51(72)87-54(10,11)12)30(18-81-27(3)63)24-90(77,78)48(39)60/h13-15,37-39,46-48H,16-24H2,1-12H3,(H,55,64)(H,56,65)(H,57,66)/t37-,38-,39-,46-,47-,48-/m1/s1. The third kappa shape index (κ3) is 15.5. The van der Waals surface area contributed by atoms with Gasteiger partial charge in [0.05, 0.1) is 17.3 Å². The number of nitrogens with zero attached hydrogens (tertiary/aromatic N) is 3. The molecule has 3 N–H and O–H groups in total. The Morgan fingerprint density at radius 1 is 0.422 bits per heavy atom. The second-order valence-electron chi connectivity index (χ2n) is 24.1. The summed E-state index contributed by atoms with van der Waals surface area (Å²) in [5.74, 6) is -16.3. The zero-order chi connectivity index (χ0) is 67.3. The Morgan fingerprint density at radius 3 is 0.844 bits per heavy atom. The molecule has 36 heteroatoms. The molecule has 6 atom stereocenters. The van der Waals surface area contributed by atoms with Gasteiger partial charge in [0.2, 0.25) is 0 Å². The molecule has 3 fully saturated rings. The van der Waals surface area contributed by atoms with E-state index < -0.39 is 226 Å². The summed E-state index contributed by atoms with van der Waals surface area (Å²) in [7, 11) is -13.3. The second-order valence-corrected chi connectivity index (χ2v) is 30.4. The van der Waals surface area contributed by atoms with E-state index in [9.17, 15) is 82.8 Å².